The molecule has 0 spiro atoms. The molecule has 0 bridgehead atoms. The zero-order valence-electron chi connectivity index (χ0n) is 11.7. The largest absolute Gasteiger partial charge is 0.481 e. The summed E-state index contributed by atoms with van der Waals surface area (Å²) in [6.07, 6.45) is 5.15. The van der Waals surface area contributed by atoms with Gasteiger partial charge in [0.05, 0.1) is 17.8 Å². The number of anilines is 2. The Morgan fingerprint density at radius 2 is 1.86 bits per heavy atom. The van der Waals surface area contributed by atoms with E-state index >= 15 is 0 Å². The van der Waals surface area contributed by atoms with Crippen LogP contribution in [0.25, 0.3) is 0 Å². The number of methoxy groups -OCH3 is 1. The van der Waals surface area contributed by atoms with E-state index < -0.39 is 0 Å². The van der Waals surface area contributed by atoms with Gasteiger partial charge in [-0.15, -0.1) is 0 Å². The minimum atomic E-state index is 0.583. The number of ether oxygens (including phenoxy) is 1. The Balaban J connectivity index is 1.69. The van der Waals surface area contributed by atoms with E-state index in [1.807, 2.05) is 6.07 Å². The van der Waals surface area contributed by atoms with E-state index in [9.17, 15) is 0 Å². The third-order valence-electron chi connectivity index (χ3n) is 3.48. The second-order valence-corrected chi connectivity index (χ2v) is 5.11. The van der Waals surface area contributed by atoms with E-state index in [1.54, 1.807) is 31.8 Å². The van der Waals surface area contributed by atoms with Gasteiger partial charge in [0, 0.05) is 50.8 Å². The molecule has 0 aromatic carbocycles. The summed E-state index contributed by atoms with van der Waals surface area (Å²) >= 11 is 6.19. The Kier molecular flexibility index (Phi) is 4.06. The van der Waals surface area contributed by atoms with Crippen LogP contribution < -0.4 is 14.5 Å². The lowest BCUT2D eigenvalue weighted by atomic mass is 10.2. The van der Waals surface area contributed by atoms with Crippen LogP contribution in [0, 0.1) is 0 Å². The van der Waals surface area contributed by atoms with Crippen molar-refractivity contribution in [2.45, 2.75) is 0 Å². The van der Waals surface area contributed by atoms with Crippen molar-refractivity contribution in [2.24, 2.45) is 0 Å². The Hall–Kier alpha value is -2.08. The van der Waals surface area contributed by atoms with Gasteiger partial charge in [-0.25, -0.2) is 4.98 Å². The first kappa shape index (κ1) is 13.9. The maximum Gasteiger partial charge on any atom is 0.228 e. The fraction of sp³-hybridized carbons (Fsp3) is 0.357. The highest BCUT2D eigenvalue weighted by Crippen LogP contribution is 2.25. The average molecular weight is 306 g/mol. The van der Waals surface area contributed by atoms with Gasteiger partial charge >= 0.3 is 0 Å². The Labute approximate surface area is 128 Å². The summed E-state index contributed by atoms with van der Waals surface area (Å²) in [7, 11) is 1.61. The van der Waals surface area contributed by atoms with Gasteiger partial charge in [0.1, 0.15) is 0 Å². The molecule has 2 aromatic heterocycles. The SMILES string of the molecule is COc1ccnc(N2CCN(c3ccncc3Cl)CC2)n1. The molecule has 110 valence electrons. The molecular weight excluding hydrogens is 290 g/mol. The van der Waals surface area contributed by atoms with E-state index in [2.05, 4.69) is 24.8 Å². The molecule has 2 aromatic rings. The molecule has 1 fully saturated rings. The summed E-state index contributed by atoms with van der Waals surface area (Å²) in [4.78, 5) is 17.1. The van der Waals surface area contributed by atoms with E-state index in [4.69, 9.17) is 16.3 Å². The molecule has 6 nitrogen and oxygen atoms in total. The van der Waals surface area contributed by atoms with Crippen LogP contribution in [0.4, 0.5) is 11.6 Å². The van der Waals surface area contributed by atoms with Gasteiger partial charge in [-0.2, -0.15) is 4.98 Å². The number of halogens is 1. The summed E-state index contributed by atoms with van der Waals surface area (Å²) < 4.78 is 5.14. The van der Waals surface area contributed by atoms with Crippen LogP contribution in [0.2, 0.25) is 5.02 Å². The van der Waals surface area contributed by atoms with Crippen molar-refractivity contribution < 1.29 is 4.74 Å². The van der Waals surface area contributed by atoms with Crippen molar-refractivity contribution in [3.8, 4) is 5.88 Å². The molecule has 3 heterocycles. The van der Waals surface area contributed by atoms with Gasteiger partial charge in [0.25, 0.3) is 0 Å². The zero-order valence-corrected chi connectivity index (χ0v) is 12.5. The number of hydrogen-bond donors (Lipinski definition) is 0. The van der Waals surface area contributed by atoms with E-state index in [0.717, 1.165) is 31.9 Å². The monoisotopic (exact) mass is 305 g/mol. The Bertz CT molecular complexity index is 616. The number of rotatable bonds is 3. The summed E-state index contributed by atoms with van der Waals surface area (Å²) in [5.74, 6) is 1.29. The lowest BCUT2D eigenvalue weighted by Crippen LogP contribution is -2.47. The van der Waals surface area contributed by atoms with Crippen molar-refractivity contribution >= 4 is 23.2 Å². The molecule has 1 aliphatic rings. The van der Waals surface area contributed by atoms with Gasteiger partial charge in [0.15, 0.2) is 0 Å². The molecule has 0 amide bonds. The standard InChI is InChI=1S/C14H16ClN5O/c1-21-13-3-5-17-14(18-13)20-8-6-19(7-9-20)12-2-4-16-10-11(12)15/h2-5,10H,6-9H2,1H3. The fourth-order valence-electron chi connectivity index (χ4n) is 2.37. The number of pyridine rings is 1. The second-order valence-electron chi connectivity index (χ2n) is 4.70. The summed E-state index contributed by atoms with van der Waals surface area (Å²) in [6.45, 7) is 3.41. The first-order valence-corrected chi connectivity index (χ1v) is 7.12. The highest BCUT2D eigenvalue weighted by atomic mass is 35.5. The highest BCUT2D eigenvalue weighted by Gasteiger charge is 2.20. The maximum atomic E-state index is 6.19. The maximum absolute atomic E-state index is 6.19. The van der Waals surface area contributed by atoms with Crippen LogP contribution in [0.3, 0.4) is 0 Å². The van der Waals surface area contributed by atoms with E-state index in [-0.39, 0.29) is 0 Å². The first-order chi connectivity index (χ1) is 10.3. The molecule has 3 rings (SSSR count). The van der Waals surface area contributed by atoms with Gasteiger partial charge in [0.2, 0.25) is 11.8 Å². The van der Waals surface area contributed by atoms with Gasteiger partial charge in [-0.05, 0) is 6.07 Å². The number of hydrogen-bond acceptors (Lipinski definition) is 6. The predicted octanol–water partition coefficient (Wildman–Crippen LogP) is 1.86. The molecule has 0 radical (unpaired) electrons. The molecule has 21 heavy (non-hydrogen) atoms. The lowest BCUT2D eigenvalue weighted by Gasteiger charge is -2.36. The molecular formula is C14H16ClN5O. The van der Waals surface area contributed by atoms with Crippen molar-refractivity contribution in [1.82, 2.24) is 15.0 Å². The molecule has 0 saturated carbocycles. The molecule has 0 aliphatic carbocycles. The van der Waals surface area contributed by atoms with Crippen molar-refractivity contribution in [1.29, 1.82) is 0 Å². The van der Waals surface area contributed by atoms with E-state index in [1.165, 1.54) is 0 Å². The van der Waals surface area contributed by atoms with Crippen LogP contribution in [0.5, 0.6) is 5.88 Å². The normalized spacial score (nSPS) is 15.1. The number of nitrogens with zero attached hydrogens (tertiary/aromatic N) is 5. The molecule has 0 atom stereocenters. The van der Waals surface area contributed by atoms with Crippen LogP contribution in [0.1, 0.15) is 0 Å². The van der Waals surface area contributed by atoms with Crippen LogP contribution in [0.15, 0.2) is 30.7 Å². The highest BCUT2D eigenvalue weighted by molar-refractivity contribution is 6.33. The van der Waals surface area contributed by atoms with Crippen LogP contribution in [-0.4, -0.2) is 48.2 Å². The molecule has 1 saturated heterocycles. The Morgan fingerprint density at radius 3 is 2.57 bits per heavy atom. The third-order valence-corrected chi connectivity index (χ3v) is 3.77. The zero-order chi connectivity index (χ0) is 14.7. The summed E-state index contributed by atoms with van der Waals surface area (Å²) in [6, 6.07) is 3.69. The van der Waals surface area contributed by atoms with Crippen LogP contribution >= 0.6 is 11.6 Å². The summed E-state index contributed by atoms with van der Waals surface area (Å²) in [5, 5.41) is 0.684. The molecule has 0 unspecified atom stereocenters. The van der Waals surface area contributed by atoms with Crippen LogP contribution in [-0.2, 0) is 0 Å². The molecule has 1 aliphatic heterocycles. The van der Waals surface area contributed by atoms with Gasteiger partial charge < -0.3 is 14.5 Å². The third kappa shape index (κ3) is 3.00. The quantitative estimate of drug-likeness (QED) is 0.863. The van der Waals surface area contributed by atoms with Crippen molar-refractivity contribution in [2.75, 3.05) is 43.1 Å². The van der Waals surface area contributed by atoms with Crippen molar-refractivity contribution in [3.63, 3.8) is 0 Å². The van der Waals surface area contributed by atoms with E-state index in [0.29, 0.717) is 16.9 Å². The summed E-state index contributed by atoms with van der Waals surface area (Å²) in [5.41, 5.74) is 1.03. The van der Waals surface area contributed by atoms with Gasteiger partial charge in [-0.1, -0.05) is 11.6 Å². The molecule has 7 heteroatoms. The lowest BCUT2D eigenvalue weighted by molar-refractivity contribution is 0.396. The second kappa shape index (κ2) is 6.13. The predicted molar refractivity (Wildman–Crippen MR) is 82.3 cm³/mol. The Morgan fingerprint density at radius 1 is 1.10 bits per heavy atom. The smallest absolute Gasteiger partial charge is 0.228 e. The minimum Gasteiger partial charge on any atom is -0.481 e. The molecule has 0 N–H and O–H groups in total. The first-order valence-electron chi connectivity index (χ1n) is 6.74. The minimum absolute atomic E-state index is 0.583. The van der Waals surface area contributed by atoms with Gasteiger partial charge in [-0.3, -0.25) is 4.98 Å². The number of piperazine rings is 1. The average Bonchev–Trinajstić information content (AvgIpc) is 2.56. The number of aromatic nitrogens is 3. The topological polar surface area (TPSA) is 54.4 Å². The van der Waals surface area contributed by atoms with Crippen molar-refractivity contribution in [3.05, 3.63) is 35.7 Å². The fourth-order valence-corrected chi connectivity index (χ4v) is 2.61.